The first-order valence-corrected chi connectivity index (χ1v) is 9.03. The van der Waals surface area contributed by atoms with E-state index in [-0.39, 0.29) is 29.6 Å². The van der Waals surface area contributed by atoms with Gasteiger partial charge in [-0.2, -0.15) is 11.3 Å². The van der Waals surface area contributed by atoms with Crippen molar-refractivity contribution in [3.05, 3.63) is 22.4 Å². The van der Waals surface area contributed by atoms with E-state index in [1.165, 1.54) is 4.90 Å². The number of ether oxygens (including phenoxy) is 1. The molecule has 0 N–H and O–H groups in total. The van der Waals surface area contributed by atoms with Gasteiger partial charge in [0.1, 0.15) is 0 Å². The molecule has 1 aliphatic heterocycles. The van der Waals surface area contributed by atoms with Crippen molar-refractivity contribution in [1.82, 2.24) is 4.90 Å². The molecule has 1 aliphatic rings. The van der Waals surface area contributed by atoms with E-state index >= 15 is 0 Å². The molecule has 0 radical (unpaired) electrons. The average Bonchev–Trinajstić information content (AvgIpc) is 3.04. The minimum Gasteiger partial charge on any atom is -0.466 e. The molecule has 5 nitrogen and oxygen atoms in total. The zero-order chi connectivity index (χ0) is 16.8. The van der Waals surface area contributed by atoms with E-state index in [2.05, 4.69) is 0 Å². The maximum absolute atomic E-state index is 12.3. The lowest BCUT2D eigenvalue weighted by atomic mass is 9.90. The molecule has 0 spiro atoms. The van der Waals surface area contributed by atoms with E-state index in [0.29, 0.717) is 38.8 Å². The van der Waals surface area contributed by atoms with Crippen molar-refractivity contribution in [1.29, 1.82) is 0 Å². The van der Waals surface area contributed by atoms with Gasteiger partial charge >= 0.3 is 5.97 Å². The van der Waals surface area contributed by atoms with E-state index < -0.39 is 0 Å². The first kappa shape index (κ1) is 17.7. The lowest BCUT2D eigenvalue weighted by Gasteiger charge is -2.30. The first-order chi connectivity index (χ1) is 11.1. The monoisotopic (exact) mass is 337 g/mol. The van der Waals surface area contributed by atoms with Gasteiger partial charge in [0, 0.05) is 25.3 Å². The number of imide groups is 1. The second kappa shape index (κ2) is 8.24. The molecule has 1 fully saturated rings. The third kappa shape index (κ3) is 4.41. The van der Waals surface area contributed by atoms with Gasteiger partial charge in [0.05, 0.1) is 12.5 Å². The second-order valence-corrected chi connectivity index (χ2v) is 6.53. The van der Waals surface area contributed by atoms with E-state index in [0.717, 1.165) is 5.56 Å². The van der Waals surface area contributed by atoms with Crippen LogP contribution in [-0.4, -0.2) is 35.8 Å². The molecular formula is C17H23NO4S. The number of hydrogen-bond acceptors (Lipinski definition) is 5. The molecule has 126 valence electrons. The predicted octanol–water partition coefficient (Wildman–Crippen LogP) is 2.96. The van der Waals surface area contributed by atoms with Crippen LogP contribution in [0, 0.1) is 5.92 Å². The van der Waals surface area contributed by atoms with Crippen molar-refractivity contribution < 1.29 is 19.1 Å². The van der Waals surface area contributed by atoms with Gasteiger partial charge in [-0.15, -0.1) is 0 Å². The van der Waals surface area contributed by atoms with Crippen LogP contribution in [0.1, 0.15) is 51.0 Å². The van der Waals surface area contributed by atoms with Crippen LogP contribution < -0.4 is 0 Å². The maximum atomic E-state index is 12.3. The summed E-state index contributed by atoms with van der Waals surface area (Å²) in [7, 11) is 0. The number of likely N-dealkylation sites (tertiary alicyclic amines) is 1. The van der Waals surface area contributed by atoms with E-state index in [9.17, 15) is 14.4 Å². The third-order valence-electron chi connectivity index (χ3n) is 4.27. The summed E-state index contributed by atoms with van der Waals surface area (Å²) in [5.41, 5.74) is 1.06. The minimum absolute atomic E-state index is 0.00970. The summed E-state index contributed by atoms with van der Waals surface area (Å²) < 4.78 is 5.03. The SMILES string of the molecule is CCOC(=O)C(CC)CCN1C(=O)CC(c2ccsc2)CC1=O. The molecule has 1 aromatic heterocycles. The van der Waals surface area contributed by atoms with Crippen LogP contribution in [0.3, 0.4) is 0 Å². The van der Waals surface area contributed by atoms with Gasteiger partial charge in [-0.25, -0.2) is 0 Å². The highest BCUT2D eigenvalue weighted by Gasteiger charge is 2.34. The summed E-state index contributed by atoms with van der Waals surface area (Å²) >= 11 is 1.57. The number of thiophene rings is 1. The van der Waals surface area contributed by atoms with Gasteiger partial charge in [-0.1, -0.05) is 6.92 Å². The molecule has 1 unspecified atom stereocenters. The highest BCUT2D eigenvalue weighted by Crippen LogP contribution is 2.31. The van der Waals surface area contributed by atoms with E-state index in [4.69, 9.17) is 4.74 Å². The lowest BCUT2D eigenvalue weighted by molar-refractivity contribution is -0.152. The summed E-state index contributed by atoms with van der Waals surface area (Å²) in [5.74, 6) is -0.801. The second-order valence-electron chi connectivity index (χ2n) is 5.75. The van der Waals surface area contributed by atoms with Crippen molar-refractivity contribution in [2.75, 3.05) is 13.2 Å². The number of amides is 2. The van der Waals surface area contributed by atoms with Gasteiger partial charge in [-0.3, -0.25) is 19.3 Å². The Labute approximate surface area is 140 Å². The average molecular weight is 337 g/mol. The van der Waals surface area contributed by atoms with Crippen LogP contribution in [-0.2, 0) is 19.1 Å². The van der Waals surface area contributed by atoms with Crippen LogP contribution in [0.25, 0.3) is 0 Å². The van der Waals surface area contributed by atoms with Crippen molar-refractivity contribution in [2.45, 2.75) is 45.4 Å². The molecule has 2 rings (SSSR count). The maximum Gasteiger partial charge on any atom is 0.308 e. The van der Waals surface area contributed by atoms with Gasteiger partial charge in [0.2, 0.25) is 11.8 Å². The van der Waals surface area contributed by atoms with Crippen LogP contribution in [0.2, 0.25) is 0 Å². The third-order valence-corrected chi connectivity index (χ3v) is 4.97. The van der Waals surface area contributed by atoms with Gasteiger partial charge in [0.15, 0.2) is 0 Å². The number of nitrogens with zero attached hydrogens (tertiary/aromatic N) is 1. The quantitative estimate of drug-likeness (QED) is 0.567. The Kier molecular flexibility index (Phi) is 6.33. The zero-order valence-electron chi connectivity index (χ0n) is 13.6. The highest BCUT2D eigenvalue weighted by molar-refractivity contribution is 7.08. The summed E-state index contributed by atoms with van der Waals surface area (Å²) in [5, 5.41) is 3.95. The molecular weight excluding hydrogens is 314 g/mol. The Balaban J connectivity index is 1.92. The fourth-order valence-electron chi connectivity index (χ4n) is 2.88. The summed E-state index contributed by atoms with van der Waals surface area (Å²) in [6, 6.07) is 1.97. The largest absolute Gasteiger partial charge is 0.466 e. The van der Waals surface area contributed by atoms with E-state index in [1.54, 1.807) is 18.3 Å². The number of carbonyl (C=O) groups is 3. The van der Waals surface area contributed by atoms with Gasteiger partial charge in [-0.05, 0) is 42.2 Å². The van der Waals surface area contributed by atoms with Crippen LogP contribution in [0.5, 0.6) is 0 Å². The number of rotatable bonds is 7. The molecule has 0 saturated carbocycles. The topological polar surface area (TPSA) is 63.7 Å². The van der Waals surface area contributed by atoms with Gasteiger partial charge in [0.25, 0.3) is 0 Å². The molecule has 2 heterocycles. The predicted molar refractivity (Wildman–Crippen MR) is 88.0 cm³/mol. The van der Waals surface area contributed by atoms with Crippen molar-refractivity contribution in [3.8, 4) is 0 Å². The summed E-state index contributed by atoms with van der Waals surface area (Å²) in [6.45, 7) is 4.32. The van der Waals surface area contributed by atoms with Crippen molar-refractivity contribution in [3.63, 3.8) is 0 Å². The lowest BCUT2D eigenvalue weighted by Crippen LogP contribution is -2.43. The fraction of sp³-hybridized carbons (Fsp3) is 0.588. The smallest absolute Gasteiger partial charge is 0.308 e. The molecule has 1 aromatic rings. The Morgan fingerprint density at radius 2 is 2.04 bits per heavy atom. The number of hydrogen-bond donors (Lipinski definition) is 0. The Bertz CT molecular complexity index is 537. The van der Waals surface area contributed by atoms with Crippen molar-refractivity contribution >= 4 is 29.1 Å². The fourth-order valence-corrected chi connectivity index (χ4v) is 3.62. The summed E-state index contributed by atoms with van der Waals surface area (Å²) in [6.07, 6.45) is 1.83. The Morgan fingerprint density at radius 3 is 2.57 bits per heavy atom. The number of carbonyl (C=O) groups excluding carboxylic acids is 3. The zero-order valence-corrected chi connectivity index (χ0v) is 14.4. The molecule has 6 heteroatoms. The van der Waals surface area contributed by atoms with Crippen molar-refractivity contribution in [2.24, 2.45) is 5.92 Å². The van der Waals surface area contributed by atoms with Gasteiger partial charge < -0.3 is 4.74 Å². The molecule has 0 aromatic carbocycles. The Morgan fingerprint density at radius 1 is 1.35 bits per heavy atom. The standard InChI is InChI=1S/C17H23NO4S/c1-3-12(17(21)22-4-2)5-7-18-15(19)9-14(10-16(18)20)13-6-8-23-11-13/h6,8,11-12,14H,3-5,7,9-10H2,1-2H3. The summed E-state index contributed by atoms with van der Waals surface area (Å²) in [4.78, 5) is 37.7. The number of esters is 1. The van der Waals surface area contributed by atoms with Crippen LogP contribution in [0.4, 0.5) is 0 Å². The van der Waals surface area contributed by atoms with Crippen LogP contribution >= 0.6 is 11.3 Å². The number of piperidine rings is 1. The molecule has 23 heavy (non-hydrogen) atoms. The molecule has 0 aliphatic carbocycles. The Hall–Kier alpha value is -1.69. The van der Waals surface area contributed by atoms with E-state index in [1.807, 2.05) is 23.8 Å². The first-order valence-electron chi connectivity index (χ1n) is 8.08. The highest BCUT2D eigenvalue weighted by atomic mass is 32.1. The molecule has 1 saturated heterocycles. The molecule has 2 amide bonds. The normalized spacial score (nSPS) is 17.4. The minimum atomic E-state index is -0.259. The van der Waals surface area contributed by atoms with Crippen LogP contribution in [0.15, 0.2) is 16.8 Å². The molecule has 1 atom stereocenters. The molecule has 0 bridgehead atoms.